The van der Waals surface area contributed by atoms with Gasteiger partial charge in [0.05, 0.1) is 30.1 Å². The standard InChI is InChI=1S/C29H26N4O6S/c1-37-16-25(34)31-21-15-17(10-11-23(21)38-2)33-27(26(32-29(33)40)20-9-5-6-14-30-20)24-13-12-22(39-24)18-7-3-4-8-19(18)28(35)36/h3-15,26-27H,16H2,1-2H3,(H,31,34)(H,32,40)(H,35,36)/t26-,27+/m0/s1. The molecule has 10 nitrogen and oxygen atoms in total. The average molecular weight is 559 g/mol. The Morgan fingerprint density at radius 3 is 2.62 bits per heavy atom. The van der Waals surface area contributed by atoms with Gasteiger partial charge in [-0.05, 0) is 60.7 Å². The fourth-order valence-electron chi connectivity index (χ4n) is 4.72. The lowest BCUT2D eigenvalue weighted by Crippen LogP contribution is -2.29. The Hall–Kier alpha value is -4.74. The van der Waals surface area contributed by atoms with Gasteiger partial charge >= 0.3 is 5.97 Å². The number of carboxylic acids is 1. The van der Waals surface area contributed by atoms with E-state index in [0.29, 0.717) is 39.3 Å². The highest BCUT2D eigenvalue weighted by atomic mass is 32.1. The summed E-state index contributed by atoms with van der Waals surface area (Å²) in [6.45, 7) is -0.117. The molecule has 0 radical (unpaired) electrons. The smallest absolute Gasteiger partial charge is 0.336 e. The molecule has 3 N–H and O–H groups in total. The molecule has 40 heavy (non-hydrogen) atoms. The molecule has 1 aliphatic heterocycles. The van der Waals surface area contributed by atoms with Crippen LogP contribution in [0.25, 0.3) is 11.3 Å². The third-order valence-corrected chi connectivity index (χ3v) is 6.76. The molecule has 0 aliphatic carbocycles. The van der Waals surface area contributed by atoms with Crippen molar-refractivity contribution in [1.29, 1.82) is 0 Å². The highest BCUT2D eigenvalue weighted by Crippen LogP contribution is 2.44. The minimum Gasteiger partial charge on any atom is -0.495 e. The third-order valence-electron chi connectivity index (χ3n) is 6.45. The zero-order chi connectivity index (χ0) is 28.2. The first kappa shape index (κ1) is 26.9. The molecule has 1 fully saturated rings. The summed E-state index contributed by atoms with van der Waals surface area (Å²) in [6.07, 6.45) is 1.70. The highest BCUT2D eigenvalue weighted by Gasteiger charge is 2.43. The number of hydrogen-bond donors (Lipinski definition) is 3. The van der Waals surface area contributed by atoms with Crippen molar-refractivity contribution in [1.82, 2.24) is 10.3 Å². The number of carbonyl (C=O) groups excluding carboxylic acids is 1. The van der Waals surface area contributed by atoms with Crippen molar-refractivity contribution in [3.05, 3.63) is 96.0 Å². The van der Waals surface area contributed by atoms with Crippen molar-refractivity contribution in [3.63, 3.8) is 0 Å². The van der Waals surface area contributed by atoms with Gasteiger partial charge in [-0.2, -0.15) is 0 Å². The summed E-state index contributed by atoms with van der Waals surface area (Å²) in [5.41, 5.74) is 2.44. The van der Waals surface area contributed by atoms with Gasteiger partial charge in [-0.1, -0.05) is 24.3 Å². The maximum Gasteiger partial charge on any atom is 0.336 e. The number of aromatic carboxylic acids is 1. The molecule has 2 aromatic carbocycles. The number of ether oxygens (including phenoxy) is 2. The van der Waals surface area contributed by atoms with E-state index in [-0.39, 0.29) is 18.1 Å². The lowest BCUT2D eigenvalue weighted by molar-refractivity contribution is -0.119. The van der Waals surface area contributed by atoms with Gasteiger partial charge in [0.1, 0.15) is 29.9 Å². The molecular formula is C29H26N4O6S. The van der Waals surface area contributed by atoms with Crippen LogP contribution < -0.4 is 20.3 Å². The Bertz CT molecular complexity index is 1560. The molecule has 4 aromatic rings. The van der Waals surface area contributed by atoms with E-state index in [2.05, 4.69) is 15.6 Å². The van der Waals surface area contributed by atoms with Gasteiger partial charge in [0.25, 0.3) is 0 Å². The lowest BCUT2D eigenvalue weighted by Gasteiger charge is -2.27. The Morgan fingerprint density at radius 1 is 1.10 bits per heavy atom. The molecular weight excluding hydrogens is 532 g/mol. The number of thiocarbonyl (C=S) groups is 1. The quantitative estimate of drug-likeness (QED) is 0.246. The van der Waals surface area contributed by atoms with Gasteiger partial charge in [0.2, 0.25) is 5.91 Å². The largest absolute Gasteiger partial charge is 0.495 e. The summed E-state index contributed by atoms with van der Waals surface area (Å²) in [5.74, 6) is 0.0312. The second kappa shape index (κ2) is 11.6. The molecule has 1 amide bonds. The summed E-state index contributed by atoms with van der Waals surface area (Å²) in [5, 5.41) is 16.3. The van der Waals surface area contributed by atoms with Crippen LogP contribution >= 0.6 is 12.2 Å². The molecule has 0 unspecified atom stereocenters. The van der Waals surface area contributed by atoms with Crippen molar-refractivity contribution < 1.29 is 28.6 Å². The summed E-state index contributed by atoms with van der Waals surface area (Å²) >= 11 is 5.79. The number of furan rings is 1. The molecule has 0 bridgehead atoms. The van der Waals surface area contributed by atoms with Crippen LogP contribution in [0, 0.1) is 0 Å². The van der Waals surface area contributed by atoms with Crippen LogP contribution in [0.4, 0.5) is 11.4 Å². The van der Waals surface area contributed by atoms with Crippen LogP contribution in [0.1, 0.15) is 33.9 Å². The molecule has 2 atom stereocenters. The first-order chi connectivity index (χ1) is 19.4. The topological polar surface area (TPSA) is 126 Å². The van der Waals surface area contributed by atoms with Gasteiger partial charge in [-0.25, -0.2) is 4.79 Å². The van der Waals surface area contributed by atoms with Crippen LogP contribution in [-0.4, -0.2) is 47.9 Å². The van der Waals surface area contributed by atoms with E-state index >= 15 is 0 Å². The molecule has 1 aliphatic rings. The summed E-state index contributed by atoms with van der Waals surface area (Å²) < 4.78 is 16.7. The predicted octanol–water partition coefficient (Wildman–Crippen LogP) is 4.81. The van der Waals surface area contributed by atoms with Gasteiger partial charge in [0, 0.05) is 24.6 Å². The molecule has 0 saturated carbocycles. The number of methoxy groups -OCH3 is 2. The summed E-state index contributed by atoms with van der Waals surface area (Å²) in [7, 11) is 2.96. The SMILES string of the molecule is COCC(=O)Nc1cc(N2C(=S)N[C@@H](c3ccccn3)[C@H]2c2ccc(-c3ccccc3C(=O)O)o2)ccc1OC. The molecule has 2 aromatic heterocycles. The fourth-order valence-corrected chi connectivity index (χ4v) is 5.07. The number of rotatable bonds is 9. The van der Waals surface area contributed by atoms with Crippen molar-refractivity contribution >= 4 is 40.6 Å². The number of nitrogens with zero attached hydrogens (tertiary/aromatic N) is 2. The molecule has 1 saturated heterocycles. The number of nitrogens with one attached hydrogen (secondary N) is 2. The van der Waals surface area contributed by atoms with Crippen molar-refractivity contribution in [2.45, 2.75) is 12.1 Å². The van der Waals surface area contributed by atoms with E-state index in [9.17, 15) is 14.7 Å². The highest BCUT2D eigenvalue weighted by molar-refractivity contribution is 7.80. The number of anilines is 2. The molecule has 3 heterocycles. The minimum atomic E-state index is -1.05. The van der Waals surface area contributed by atoms with E-state index in [1.807, 2.05) is 35.2 Å². The summed E-state index contributed by atoms with van der Waals surface area (Å²) in [4.78, 5) is 30.6. The van der Waals surface area contributed by atoms with E-state index in [1.54, 1.807) is 42.6 Å². The zero-order valence-corrected chi connectivity index (χ0v) is 22.5. The number of benzene rings is 2. The minimum absolute atomic E-state index is 0.117. The van der Waals surface area contributed by atoms with Crippen LogP contribution in [0.3, 0.4) is 0 Å². The Labute approximate surface area is 235 Å². The first-order valence-corrected chi connectivity index (χ1v) is 12.7. The van der Waals surface area contributed by atoms with Crippen molar-refractivity contribution in [2.75, 3.05) is 31.0 Å². The average Bonchev–Trinajstić information content (AvgIpc) is 3.58. The van der Waals surface area contributed by atoms with E-state index in [1.165, 1.54) is 20.3 Å². The Kier molecular flexibility index (Phi) is 7.76. The Balaban J connectivity index is 1.60. The maximum absolute atomic E-state index is 12.3. The second-order valence-electron chi connectivity index (χ2n) is 8.92. The molecule has 0 spiro atoms. The molecule has 204 valence electrons. The number of hydrogen-bond acceptors (Lipinski definition) is 7. The number of pyridine rings is 1. The van der Waals surface area contributed by atoms with Gasteiger partial charge in [0.15, 0.2) is 5.11 Å². The monoisotopic (exact) mass is 558 g/mol. The number of carboxylic acid groups (broad SMARTS) is 1. The number of carbonyl (C=O) groups is 2. The number of aromatic nitrogens is 1. The summed E-state index contributed by atoms with van der Waals surface area (Å²) in [6, 6.07) is 20.3. The normalized spacial score (nSPS) is 16.4. The second-order valence-corrected chi connectivity index (χ2v) is 9.30. The van der Waals surface area contributed by atoms with Gasteiger partial charge in [-0.3, -0.25) is 9.78 Å². The first-order valence-electron chi connectivity index (χ1n) is 12.3. The van der Waals surface area contributed by atoms with Crippen LogP contribution in [0.15, 0.2) is 83.4 Å². The van der Waals surface area contributed by atoms with Crippen LogP contribution in [0.2, 0.25) is 0 Å². The zero-order valence-electron chi connectivity index (χ0n) is 21.7. The lowest BCUT2D eigenvalue weighted by atomic mass is 10.0. The van der Waals surface area contributed by atoms with Gasteiger partial charge < -0.3 is 34.5 Å². The van der Waals surface area contributed by atoms with Crippen LogP contribution in [-0.2, 0) is 9.53 Å². The van der Waals surface area contributed by atoms with Crippen LogP contribution in [0.5, 0.6) is 5.75 Å². The Morgan fingerprint density at radius 2 is 1.90 bits per heavy atom. The fraction of sp³-hybridized carbons (Fsp3) is 0.172. The van der Waals surface area contributed by atoms with Crippen molar-refractivity contribution in [2.24, 2.45) is 0 Å². The van der Waals surface area contributed by atoms with E-state index < -0.39 is 18.1 Å². The van der Waals surface area contributed by atoms with E-state index in [4.69, 9.17) is 26.1 Å². The van der Waals surface area contributed by atoms with Crippen molar-refractivity contribution in [3.8, 4) is 17.1 Å². The number of amides is 1. The predicted molar refractivity (Wildman–Crippen MR) is 153 cm³/mol. The van der Waals surface area contributed by atoms with E-state index in [0.717, 1.165) is 5.69 Å². The van der Waals surface area contributed by atoms with Gasteiger partial charge in [-0.15, -0.1) is 0 Å². The molecule has 5 rings (SSSR count). The third kappa shape index (κ3) is 5.24. The molecule has 11 heteroatoms. The maximum atomic E-state index is 12.3.